The molecular formula is C18H12INO5. The third-order valence-electron chi connectivity index (χ3n) is 3.60. The van der Waals surface area contributed by atoms with Crippen molar-refractivity contribution in [1.29, 1.82) is 0 Å². The molecule has 4 N–H and O–H groups in total. The Morgan fingerprint density at radius 1 is 1.00 bits per heavy atom. The molecule has 0 aliphatic rings. The summed E-state index contributed by atoms with van der Waals surface area (Å²) >= 11 is 1.91. The number of hydrogen-bond donors (Lipinski definition) is 4. The number of hydrogen-bond acceptors (Lipinski definition) is 5. The van der Waals surface area contributed by atoms with E-state index in [-0.39, 0.29) is 28.3 Å². The van der Waals surface area contributed by atoms with Gasteiger partial charge in [0.05, 0.1) is 9.26 Å². The first kappa shape index (κ1) is 17.0. The topological polar surface area (TPSA) is 111 Å². The lowest BCUT2D eigenvalue weighted by molar-refractivity contribution is 0.0694. The van der Waals surface area contributed by atoms with Gasteiger partial charge >= 0.3 is 5.97 Å². The van der Waals surface area contributed by atoms with Crippen LogP contribution in [0, 0.1) is 3.57 Å². The van der Waals surface area contributed by atoms with Gasteiger partial charge in [-0.15, -0.1) is 0 Å². The van der Waals surface area contributed by atoms with Crippen molar-refractivity contribution in [2.75, 3.05) is 0 Å². The summed E-state index contributed by atoms with van der Waals surface area (Å²) in [5.41, 5.74) is 1.15. The van der Waals surface area contributed by atoms with Crippen LogP contribution in [-0.4, -0.2) is 31.4 Å². The first-order valence-electron chi connectivity index (χ1n) is 7.12. The largest absolute Gasteiger partial charge is 0.505 e. The lowest BCUT2D eigenvalue weighted by atomic mass is 10.1. The summed E-state index contributed by atoms with van der Waals surface area (Å²) in [6, 6.07) is 9.47. The highest BCUT2D eigenvalue weighted by Gasteiger charge is 2.13. The number of phenols is 3. The molecule has 1 heterocycles. The van der Waals surface area contributed by atoms with Gasteiger partial charge in [0.2, 0.25) is 0 Å². The van der Waals surface area contributed by atoms with Crippen molar-refractivity contribution in [3.63, 3.8) is 0 Å². The number of rotatable bonds is 3. The third kappa shape index (κ3) is 3.36. The molecule has 0 bridgehead atoms. The normalized spacial score (nSPS) is 11.2. The molecule has 0 fully saturated rings. The summed E-state index contributed by atoms with van der Waals surface area (Å²) in [6.07, 6.45) is 3.35. The van der Waals surface area contributed by atoms with Crippen molar-refractivity contribution >= 4 is 51.6 Å². The van der Waals surface area contributed by atoms with Crippen molar-refractivity contribution < 1.29 is 25.2 Å². The molecule has 0 saturated heterocycles. The van der Waals surface area contributed by atoms with Crippen molar-refractivity contribution in [2.45, 2.75) is 0 Å². The predicted octanol–water partition coefficient (Wildman–Crippen LogP) is 3.82. The van der Waals surface area contributed by atoms with Crippen molar-refractivity contribution in [1.82, 2.24) is 4.98 Å². The van der Waals surface area contributed by atoms with E-state index >= 15 is 0 Å². The monoisotopic (exact) mass is 449 g/mol. The summed E-state index contributed by atoms with van der Waals surface area (Å²) in [5, 5.41) is 39.0. The average Bonchev–Trinajstić information content (AvgIpc) is 2.58. The van der Waals surface area contributed by atoms with E-state index in [9.17, 15) is 20.1 Å². The Balaban J connectivity index is 2.02. The number of halogens is 1. The van der Waals surface area contributed by atoms with Crippen LogP contribution < -0.4 is 0 Å². The fraction of sp³-hybridized carbons (Fsp3) is 0. The van der Waals surface area contributed by atoms with Gasteiger partial charge in [-0.3, -0.25) is 0 Å². The van der Waals surface area contributed by atoms with E-state index in [4.69, 9.17) is 5.11 Å². The average molecular weight is 449 g/mol. The van der Waals surface area contributed by atoms with Crippen LogP contribution in [0.2, 0.25) is 0 Å². The fourth-order valence-electron chi connectivity index (χ4n) is 2.34. The quantitative estimate of drug-likeness (QED) is 0.358. The summed E-state index contributed by atoms with van der Waals surface area (Å²) < 4.78 is 0.507. The molecule has 7 heteroatoms. The van der Waals surface area contributed by atoms with Gasteiger partial charge in [0.25, 0.3) is 0 Å². The van der Waals surface area contributed by atoms with Crippen LogP contribution in [0.1, 0.15) is 21.6 Å². The van der Waals surface area contributed by atoms with Crippen LogP contribution in [0.25, 0.3) is 23.1 Å². The number of benzene rings is 2. The maximum atomic E-state index is 11.1. The zero-order valence-electron chi connectivity index (χ0n) is 12.6. The Morgan fingerprint density at radius 2 is 1.72 bits per heavy atom. The van der Waals surface area contributed by atoms with Crippen LogP contribution in [0.4, 0.5) is 0 Å². The zero-order valence-corrected chi connectivity index (χ0v) is 14.8. The van der Waals surface area contributed by atoms with Gasteiger partial charge < -0.3 is 20.4 Å². The molecule has 0 unspecified atom stereocenters. The number of aromatic carboxylic acids is 1. The molecule has 0 saturated carbocycles. The Kier molecular flexibility index (Phi) is 4.49. The van der Waals surface area contributed by atoms with Gasteiger partial charge in [-0.05, 0) is 58.5 Å². The van der Waals surface area contributed by atoms with E-state index in [1.165, 1.54) is 12.1 Å². The zero-order chi connectivity index (χ0) is 18.1. The van der Waals surface area contributed by atoms with Gasteiger partial charge in [-0.2, -0.15) is 0 Å². The number of fused-ring (bicyclic) bond motifs is 1. The molecule has 0 aliphatic carbocycles. The Bertz CT molecular complexity index is 1010. The van der Waals surface area contributed by atoms with Crippen molar-refractivity contribution in [3.8, 4) is 17.2 Å². The van der Waals surface area contributed by atoms with Gasteiger partial charge in [-0.25, -0.2) is 9.78 Å². The molecule has 2 aromatic carbocycles. The second-order valence-electron chi connectivity index (χ2n) is 5.28. The fourth-order valence-corrected chi connectivity index (χ4v) is 2.97. The minimum Gasteiger partial charge on any atom is -0.505 e. The highest BCUT2D eigenvalue weighted by Crippen LogP contribution is 2.32. The standard InChI is InChI=1S/C18H12INO5/c19-13-7-9(8-14(21)17(13)23)1-4-11-5-2-10-3-6-12(18(24)25)16(22)15(10)20-11/h1-8,21-23H,(H,24,25)/b4-1+. The second-order valence-corrected chi connectivity index (χ2v) is 6.44. The lowest BCUT2D eigenvalue weighted by Gasteiger charge is -2.05. The molecule has 3 rings (SSSR count). The highest BCUT2D eigenvalue weighted by molar-refractivity contribution is 14.1. The molecule has 6 nitrogen and oxygen atoms in total. The Labute approximate surface area is 155 Å². The Morgan fingerprint density at radius 3 is 2.40 bits per heavy atom. The van der Waals surface area contributed by atoms with Crippen LogP contribution in [-0.2, 0) is 0 Å². The molecule has 25 heavy (non-hydrogen) atoms. The number of aromatic hydroxyl groups is 3. The number of carboxylic acids is 1. The smallest absolute Gasteiger partial charge is 0.339 e. The molecule has 0 atom stereocenters. The van der Waals surface area contributed by atoms with E-state index < -0.39 is 5.97 Å². The molecule has 0 radical (unpaired) electrons. The third-order valence-corrected chi connectivity index (χ3v) is 4.42. The van der Waals surface area contributed by atoms with Gasteiger partial charge in [0, 0.05) is 5.39 Å². The number of carboxylic acid groups (broad SMARTS) is 1. The van der Waals surface area contributed by atoms with Crippen molar-refractivity contribution in [3.05, 3.63) is 56.8 Å². The number of pyridine rings is 1. The Hall–Kier alpha value is -2.81. The molecule has 0 spiro atoms. The van der Waals surface area contributed by atoms with E-state index in [0.29, 0.717) is 20.2 Å². The van der Waals surface area contributed by atoms with E-state index in [1.807, 2.05) is 22.6 Å². The van der Waals surface area contributed by atoms with Crippen molar-refractivity contribution in [2.24, 2.45) is 0 Å². The second kappa shape index (κ2) is 6.60. The molecule has 126 valence electrons. The van der Waals surface area contributed by atoms with Crippen LogP contribution in [0.5, 0.6) is 17.2 Å². The van der Waals surface area contributed by atoms with E-state index in [2.05, 4.69) is 4.98 Å². The van der Waals surface area contributed by atoms with Crippen LogP contribution in [0.15, 0.2) is 36.4 Å². The van der Waals surface area contributed by atoms with Crippen LogP contribution >= 0.6 is 22.6 Å². The molecule has 0 aliphatic heterocycles. The lowest BCUT2D eigenvalue weighted by Crippen LogP contribution is -1.97. The molecule has 0 amide bonds. The summed E-state index contributed by atoms with van der Waals surface area (Å²) in [6.45, 7) is 0. The van der Waals surface area contributed by atoms with E-state index in [0.717, 1.165) is 0 Å². The predicted molar refractivity (Wildman–Crippen MR) is 102 cm³/mol. The highest BCUT2D eigenvalue weighted by atomic mass is 127. The molecular weight excluding hydrogens is 437 g/mol. The molecule has 3 aromatic rings. The summed E-state index contributed by atoms with van der Waals surface area (Å²) in [7, 11) is 0. The SMILES string of the molecule is O=C(O)c1ccc2ccc(/C=C/c3cc(O)c(O)c(I)c3)nc2c1O. The maximum absolute atomic E-state index is 11.1. The summed E-state index contributed by atoms with van der Waals surface area (Å²) in [4.78, 5) is 15.4. The first-order valence-corrected chi connectivity index (χ1v) is 8.20. The van der Waals surface area contributed by atoms with Gasteiger partial charge in [0.1, 0.15) is 11.1 Å². The number of phenolic OH excluding ortho intramolecular Hbond substituents is 2. The minimum absolute atomic E-state index is 0.173. The first-order chi connectivity index (χ1) is 11.9. The minimum atomic E-state index is -1.23. The van der Waals surface area contributed by atoms with Gasteiger partial charge in [0.15, 0.2) is 17.2 Å². The maximum Gasteiger partial charge on any atom is 0.339 e. The summed E-state index contributed by atoms with van der Waals surface area (Å²) in [5.74, 6) is -2.00. The number of nitrogens with zero attached hydrogens (tertiary/aromatic N) is 1. The number of aromatic nitrogens is 1. The van der Waals surface area contributed by atoms with Crippen LogP contribution in [0.3, 0.4) is 0 Å². The number of carbonyl (C=O) groups is 1. The van der Waals surface area contributed by atoms with E-state index in [1.54, 1.807) is 36.4 Å². The van der Waals surface area contributed by atoms with Gasteiger partial charge in [-0.1, -0.05) is 18.2 Å². The molecule has 1 aromatic heterocycles.